The zero-order valence-corrected chi connectivity index (χ0v) is 14.2. The van der Waals surface area contributed by atoms with Crippen LogP contribution in [0.1, 0.15) is 12.0 Å². The highest BCUT2D eigenvalue weighted by Gasteiger charge is 2.04. The van der Waals surface area contributed by atoms with Gasteiger partial charge in [-0.05, 0) is 64.8 Å². The third-order valence-corrected chi connectivity index (χ3v) is 3.82. The summed E-state index contributed by atoms with van der Waals surface area (Å²) in [4.78, 5) is 11.9. The highest BCUT2D eigenvalue weighted by atomic mass is 79.9. The van der Waals surface area contributed by atoms with Crippen molar-refractivity contribution < 1.29 is 9.53 Å². The van der Waals surface area contributed by atoms with E-state index in [9.17, 15) is 4.79 Å². The molecule has 116 valence electrons. The first-order valence-electron chi connectivity index (χ1n) is 7.02. The molecule has 0 unspecified atom stereocenters. The number of amides is 1. The molecule has 1 amide bonds. The number of methoxy groups -OCH3 is 1. The van der Waals surface area contributed by atoms with Crippen LogP contribution in [0.4, 0.5) is 11.4 Å². The molecule has 0 saturated heterocycles. The van der Waals surface area contributed by atoms with E-state index in [4.69, 9.17) is 4.74 Å². The number of nitrogens with one attached hydrogen (secondary N) is 2. The number of aryl methyl sites for hydroxylation is 1. The molecule has 4 nitrogen and oxygen atoms in total. The van der Waals surface area contributed by atoms with Crippen LogP contribution < -0.4 is 15.4 Å². The van der Waals surface area contributed by atoms with Gasteiger partial charge in [-0.3, -0.25) is 4.79 Å². The van der Waals surface area contributed by atoms with Gasteiger partial charge >= 0.3 is 0 Å². The summed E-state index contributed by atoms with van der Waals surface area (Å²) in [6.07, 6.45) is 0.395. The molecule has 0 radical (unpaired) electrons. The zero-order chi connectivity index (χ0) is 15.9. The molecule has 2 rings (SSSR count). The summed E-state index contributed by atoms with van der Waals surface area (Å²) in [6.45, 7) is 2.61. The second-order valence-corrected chi connectivity index (χ2v) is 5.79. The molecule has 0 bridgehead atoms. The predicted molar refractivity (Wildman–Crippen MR) is 93.6 cm³/mol. The molecule has 0 atom stereocenters. The maximum Gasteiger partial charge on any atom is 0.226 e. The topological polar surface area (TPSA) is 50.4 Å². The minimum Gasteiger partial charge on any atom is -0.497 e. The fourth-order valence-electron chi connectivity index (χ4n) is 1.97. The average molecular weight is 363 g/mol. The molecular weight excluding hydrogens is 344 g/mol. The van der Waals surface area contributed by atoms with Gasteiger partial charge in [0, 0.05) is 28.8 Å². The number of rotatable bonds is 6. The quantitative estimate of drug-likeness (QED) is 0.809. The Labute approximate surface area is 139 Å². The first-order valence-corrected chi connectivity index (χ1v) is 7.81. The summed E-state index contributed by atoms with van der Waals surface area (Å²) in [6, 6.07) is 13.3. The number of ether oxygens (including phenoxy) is 1. The minimum atomic E-state index is -0.0269. The maximum atomic E-state index is 11.9. The van der Waals surface area contributed by atoms with Crippen LogP contribution >= 0.6 is 15.9 Å². The molecule has 0 fully saturated rings. The van der Waals surface area contributed by atoms with Gasteiger partial charge in [0.25, 0.3) is 0 Å². The normalized spacial score (nSPS) is 10.1. The number of carbonyl (C=O) groups excluding carboxylic acids is 1. The summed E-state index contributed by atoms with van der Waals surface area (Å²) in [5.41, 5.74) is 2.94. The highest BCUT2D eigenvalue weighted by Crippen LogP contribution is 2.23. The second kappa shape index (κ2) is 7.84. The SMILES string of the molecule is COc1ccc(NC(=O)CCNc2ccc(C)cc2Br)cc1. The van der Waals surface area contributed by atoms with E-state index in [2.05, 4.69) is 26.6 Å². The van der Waals surface area contributed by atoms with Gasteiger partial charge in [-0.1, -0.05) is 6.07 Å². The summed E-state index contributed by atoms with van der Waals surface area (Å²) in [5.74, 6) is 0.741. The molecular formula is C17H19BrN2O2. The van der Waals surface area contributed by atoms with Gasteiger partial charge in [-0.15, -0.1) is 0 Å². The lowest BCUT2D eigenvalue weighted by Crippen LogP contribution is -2.16. The number of carbonyl (C=O) groups is 1. The lowest BCUT2D eigenvalue weighted by atomic mass is 10.2. The van der Waals surface area contributed by atoms with E-state index in [1.54, 1.807) is 7.11 Å². The van der Waals surface area contributed by atoms with Crippen LogP contribution in [0.5, 0.6) is 5.75 Å². The van der Waals surface area contributed by atoms with Gasteiger partial charge in [0.05, 0.1) is 7.11 Å². The molecule has 2 N–H and O–H groups in total. The maximum absolute atomic E-state index is 11.9. The van der Waals surface area contributed by atoms with E-state index >= 15 is 0 Å². The fraction of sp³-hybridized carbons (Fsp3) is 0.235. The molecule has 2 aromatic carbocycles. The zero-order valence-electron chi connectivity index (χ0n) is 12.7. The smallest absolute Gasteiger partial charge is 0.226 e. The van der Waals surface area contributed by atoms with Crippen LogP contribution in [0.2, 0.25) is 0 Å². The first-order chi connectivity index (χ1) is 10.6. The van der Waals surface area contributed by atoms with Gasteiger partial charge in [-0.25, -0.2) is 0 Å². The fourth-order valence-corrected chi connectivity index (χ4v) is 2.61. The van der Waals surface area contributed by atoms with Crippen LogP contribution in [0.15, 0.2) is 46.9 Å². The molecule has 0 saturated carbocycles. The van der Waals surface area contributed by atoms with Crippen molar-refractivity contribution in [1.29, 1.82) is 0 Å². The monoisotopic (exact) mass is 362 g/mol. The van der Waals surface area contributed by atoms with Crippen LogP contribution in [0, 0.1) is 6.92 Å². The largest absolute Gasteiger partial charge is 0.497 e. The van der Waals surface area contributed by atoms with Gasteiger partial charge in [0.1, 0.15) is 5.75 Å². The molecule has 2 aromatic rings. The molecule has 0 aliphatic heterocycles. The third-order valence-electron chi connectivity index (χ3n) is 3.17. The Morgan fingerprint density at radius 1 is 1.18 bits per heavy atom. The Morgan fingerprint density at radius 3 is 2.55 bits per heavy atom. The van der Waals surface area contributed by atoms with Crippen LogP contribution in [0.3, 0.4) is 0 Å². The average Bonchev–Trinajstić information content (AvgIpc) is 2.50. The lowest BCUT2D eigenvalue weighted by Gasteiger charge is -2.10. The second-order valence-electron chi connectivity index (χ2n) is 4.94. The van der Waals surface area contributed by atoms with E-state index in [-0.39, 0.29) is 5.91 Å². The van der Waals surface area contributed by atoms with Gasteiger partial charge < -0.3 is 15.4 Å². The van der Waals surface area contributed by atoms with Crippen LogP contribution in [-0.4, -0.2) is 19.6 Å². The summed E-state index contributed by atoms with van der Waals surface area (Å²) < 4.78 is 6.08. The summed E-state index contributed by atoms with van der Waals surface area (Å²) >= 11 is 3.51. The van der Waals surface area contributed by atoms with E-state index in [1.165, 1.54) is 5.56 Å². The first kappa shape index (κ1) is 16.4. The Kier molecular flexibility index (Phi) is 5.83. The Hall–Kier alpha value is -2.01. The molecule has 0 heterocycles. The van der Waals surface area contributed by atoms with Crippen molar-refractivity contribution in [3.05, 3.63) is 52.5 Å². The van der Waals surface area contributed by atoms with Crippen LogP contribution in [0.25, 0.3) is 0 Å². The molecule has 22 heavy (non-hydrogen) atoms. The Balaban J connectivity index is 1.79. The van der Waals surface area contributed by atoms with E-state index in [0.717, 1.165) is 21.6 Å². The summed E-state index contributed by atoms with van der Waals surface area (Å²) in [7, 11) is 1.61. The molecule has 0 aliphatic rings. The number of anilines is 2. The van der Waals surface area contributed by atoms with Crippen molar-refractivity contribution >= 4 is 33.2 Å². The lowest BCUT2D eigenvalue weighted by molar-refractivity contribution is -0.115. The van der Waals surface area contributed by atoms with Crippen molar-refractivity contribution in [2.45, 2.75) is 13.3 Å². The number of hydrogen-bond donors (Lipinski definition) is 2. The van der Waals surface area contributed by atoms with Gasteiger partial charge in [-0.2, -0.15) is 0 Å². The molecule has 0 spiro atoms. The molecule has 0 aliphatic carbocycles. The van der Waals surface area contributed by atoms with E-state index < -0.39 is 0 Å². The Morgan fingerprint density at radius 2 is 1.91 bits per heavy atom. The molecule has 5 heteroatoms. The van der Waals surface area contributed by atoms with E-state index in [0.29, 0.717) is 13.0 Å². The van der Waals surface area contributed by atoms with Gasteiger partial charge in [0.15, 0.2) is 0 Å². The number of halogens is 1. The summed E-state index contributed by atoms with van der Waals surface area (Å²) in [5, 5.41) is 6.10. The van der Waals surface area contributed by atoms with Crippen molar-refractivity contribution in [2.24, 2.45) is 0 Å². The number of hydrogen-bond acceptors (Lipinski definition) is 3. The van der Waals surface area contributed by atoms with Crippen molar-refractivity contribution in [3.8, 4) is 5.75 Å². The highest BCUT2D eigenvalue weighted by molar-refractivity contribution is 9.10. The van der Waals surface area contributed by atoms with E-state index in [1.807, 2.05) is 49.4 Å². The van der Waals surface area contributed by atoms with Crippen LogP contribution in [-0.2, 0) is 4.79 Å². The van der Waals surface area contributed by atoms with Crippen molar-refractivity contribution in [2.75, 3.05) is 24.3 Å². The number of benzene rings is 2. The molecule has 0 aromatic heterocycles. The standard InChI is InChI=1S/C17H19BrN2O2/c1-12-3-8-16(15(18)11-12)19-10-9-17(21)20-13-4-6-14(22-2)7-5-13/h3-8,11,19H,9-10H2,1-2H3,(H,20,21). The Bertz CT molecular complexity index is 642. The van der Waals surface area contributed by atoms with Crippen molar-refractivity contribution in [3.63, 3.8) is 0 Å². The minimum absolute atomic E-state index is 0.0269. The van der Waals surface area contributed by atoms with Gasteiger partial charge in [0.2, 0.25) is 5.91 Å². The predicted octanol–water partition coefficient (Wildman–Crippen LogP) is 4.21. The van der Waals surface area contributed by atoms with Crippen molar-refractivity contribution in [1.82, 2.24) is 0 Å². The third kappa shape index (κ3) is 4.77.